The topological polar surface area (TPSA) is 76.0 Å². The molecule has 2 N–H and O–H groups in total. The zero-order valence-corrected chi connectivity index (χ0v) is 10.7. The van der Waals surface area contributed by atoms with Gasteiger partial charge >= 0.3 is 5.97 Å². The Morgan fingerprint density at radius 2 is 2.00 bits per heavy atom. The maximum absolute atomic E-state index is 11.9. The molecule has 1 fully saturated rings. The molecule has 1 heterocycles. The Morgan fingerprint density at radius 1 is 1.44 bits per heavy atom. The molecule has 0 aromatic heterocycles. The van der Waals surface area contributed by atoms with Crippen LogP contribution in [0.2, 0.25) is 0 Å². The van der Waals surface area contributed by atoms with Gasteiger partial charge in [-0.15, -0.1) is 0 Å². The molecule has 1 spiro atoms. The Morgan fingerprint density at radius 3 is 2.50 bits per heavy atom. The highest BCUT2D eigenvalue weighted by Gasteiger charge is 2.51. The smallest absolute Gasteiger partial charge is 0.343 e. The van der Waals surface area contributed by atoms with Crippen molar-refractivity contribution in [1.82, 2.24) is 0 Å². The van der Waals surface area contributed by atoms with Crippen molar-refractivity contribution in [3.63, 3.8) is 0 Å². The Bertz CT molecular complexity index is 427. The third kappa shape index (κ3) is 1.74. The highest BCUT2D eigenvalue weighted by Crippen LogP contribution is 2.46. The van der Waals surface area contributed by atoms with Gasteiger partial charge in [-0.3, -0.25) is 5.26 Å². The van der Waals surface area contributed by atoms with Crippen LogP contribution in [0.4, 0.5) is 0 Å². The molecule has 0 aromatic carbocycles. The van der Waals surface area contributed by atoms with Gasteiger partial charge < -0.3 is 9.84 Å². The molecule has 1 saturated carbocycles. The molecular weight excluding hydrogens is 236 g/mol. The quantitative estimate of drug-likeness (QED) is 0.459. The van der Waals surface area contributed by atoms with E-state index in [-0.39, 0.29) is 16.9 Å². The molecule has 1 aliphatic carbocycles. The normalized spacial score (nSPS) is 22.7. The Labute approximate surface area is 106 Å². The van der Waals surface area contributed by atoms with Gasteiger partial charge in [0.2, 0.25) is 0 Å². The molecule has 5 nitrogen and oxygen atoms in total. The second kappa shape index (κ2) is 4.10. The number of carbonyl (C=O) groups excluding carboxylic acids is 1. The van der Waals surface area contributed by atoms with Crippen LogP contribution < -0.4 is 0 Å². The predicted octanol–water partition coefficient (Wildman–Crippen LogP) is 2.49. The lowest BCUT2D eigenvalue weighted by Crippen LogP contribution is -2.28. The van der Waals surface area contributed by atoms with Gasteiger partial charge in [-0.05, 0) is 45.1 Å². The Balaban J connectivity index is 2.40. The van der Waals surface area contributed by atoms with Gasteiger partial charge in [-0.1, -0.05) is 6.58 Å². The average Bonchev–Trinajstić information content (AvgIpc) is 2.86. The molecule has 0 atom stereocenters. The maximum Gasteiger partial charge on any atom is 0.343 e. The summed E-state index contributed by atoms with van der Waals surface area (Å²) in [5.41, 5.74) is -1.76. The van der Waals surface area contributed by atoms with Crippen molar-refractivity contribution in [2.75, 3.05) is 0 Å². The van der Waals surface area contributed by atoms with Crippen molar-refractivity contribution in [3.8, 4) is 0 Å². The van der Waals surface area contributed by atoms with Crippen molar-refractivity contribution in [3.05, 3.63) is 23.5 Å². The molecule has 0 bridgehead atoms. The van der Waals surface area contributed by atoms with E-state index in [0.29, 0.717) is 12.8 Å². The van der Waals surface area contributed by atoms with Crippen LogP contribution in [0.5, 0.6) is 0 Å². The molecule has 100 valence electrons. The molecule has 0 amide bonds. The van der Waals surface area contributed by atoms with Gasteiger partial charge in [0, 0.05) is 0 Å². The number of rotatable bonds is 3. The van der Waals surface area contributed by atoms with E-state index in [2.05, 4.69) is 11.5 Å². The minimum absolute atomic E-state index is 0.0379. The Hall–Kier alpha value is -1.33. The summed E-state index contributed by atoms with van der Waals surface area (Å²) in [6.07, 6.45) is 3.08. The van der Waals surface area contributed by atoms with Crippen LogP contribution in [0, 0.1) is 0 Å². The van der Waals surface area contributed by atoms with Crippen LogP contribution in [-0.4, -0.2) is 27.5 Å². The van der Waals surface area contributed by atoms with E-state index in [4.69, 9.17) is 9.99 Å². The van der Waals surface area contributed by atoms with Gasteiger partial charge in [-0.25, -0.2) is 9.68 Å². The summed E-state index contributed by atoms with van der Waals surface area (Å²) in [7, 11) is 0. The highest BCUT2D eigenvalue weighted by molar-refractivity contribution is 5.97. The summed E-state index contributed by atoms with van der Waals surface area (Å²) in [5, 5.41) is 19.1. The summed E-state index contributed by atoms with van der Waals surface area (Å²) in [4.78, 5) is 16.2. The maximum atomic E-state index is 11.9. The fraction of sp³-hybridized carbons (Fsp3) is 0.615. The van der Waals surface area contributed by atoms with Crippen LogP contribution in [0.25, 0.3) is 0 Å². The number of aliphatic hydroxyl groups excluding tert-OH is 1. The van der Waals surface area contributed by atoms with E-state index >= 15 is 0 Å². The average molecular weight is 254 g/mol. The van der Waals surface area contributed by atoms with Crippen LogP contribution in [-0.2, 0) is 14.4 Å². The SMILES string of the molecule is C=C(C1=C(O)C2(CCCC2)OC1=O)C(C)(C)OO. The van der Waals surface area contributed by atoms with Gasteiger partial charge in [0.1, 0.15) is 11.2 Å². The van der Waals surface area contributed by atoms with Crippen molar-refractivity contribution in [2.24, 2.45) is 0 Å². The molecule has 1 aliphatic heterocycles. The first-order chi connectivity index (χ1) is 8.34. The van der Waals surface area contributed by atoms with Gasteiger partial charge in [0.25, 0.3) is 0 Å². The molecule has 0 radical (unpaired) electrons. The first kappa shape index (κ1) is 13.1. The van der Waals surface area contributed by atoms with Crippen molar-refractivity contribution >= 4 is 5.97 Å². The van der Waals surface area contributed by atoms with E-state index in [1.165, 1.54) is 0 Å². The second-order valence-corrected chi connectivity index (χ2v) is 5.39. The largest absolute Gasteiger partial charge is 0.507 e. The monoisotopic (exact) mass is 254 g/mol. The second-order valence-electron chi connectivity index (χ2n) is 5.39. The van der Waals surface area contributed by atoms with Crippen molar-refractivity contribution < 1.29 is 24.8 Å². The van der Waals surface area contributed by atoms with E-state index in [0.717, 1.165) is 12.8 Å². The number of hydrogen-bond acceptors (Lipinski definition) is 5. The van der Waals surface area contributed by atoms with Gasteiger partial charge in [0.05, 0.1) is 0 Å². The minimum Gasteiger partial charge on any atom is -0.507 e. The van der Waals surface area contributed by atoms with Crippen LogP contribution in [0.1, 0.15) is 39.5 Å². The minimum atomic E-state index is -1.15. The fourth-order valence-corrected chi connectivity index (χ4v) is 2.51. The zero-order valence-electron chi connectivity index (χ0n) is 10.7. The summed E-state index contributed by atoms with van der Waals surface area (Å²) in [6, 6.07) is 0. The summed E-state index contributed by atoms with van der Waals surface area (Å²) < 4.78 is 5.33. The highest BCUT2D eigenvalue weighted by atomic mass is 17.1. The number of ether oxygens (including phenoxy) is 1. The zero-order chi connectivity index (χ0) is 13.6. The van der Waals surface area contributed by atoms with Gasteiger partial charge in [-0.2, -0.15) is 0 Å². The first-order valence-electron chi connectivity index (χ1n) is 6.03. The number of aliphatic hydroxyl groups is 1. The van der Waals surface area contributed by atoms with Crippen molar-refractivity contribution in [2.45, 2.75) is 50.7 Å². The van der Waals surface area contributed by atoms with Crippen LogP contribution >= 0.6 is 0 Å². The van der Waals surface area contributed by atoms with Gasteiger partial charge in [0.15, 0.2) is 11.4 Å². The molecule has 2 rings (SSSR count). The molecular formula is C13H18O5. The standard InChI is InChI=1S/C13H18O5/c1-8(12(2,3)18-16)9-10(14)13(17-11(9)15)6-4-5-7-13/h14,16H,1,4-7H2,2-3H3. The third-order valence-electron chi connectivity index (χ3n) is 3.83. The molecule has 5 heteroatoms. The number of carbonyl (C=O) groups is 1. The van der Waals surface area contributed by atoms with E-state index < -0.39 is 17.2 Å². The summed E-state index contributed by atoms with van der Waals surface area (Å²) in [6.45, 7) is 6.85. The first-order valence-corrected chi connectivity index (χ1v) is 6.03. The lowest BCUT2D eigenvalue weighted by molar-refractivity contribution is -0.299. The fourth-order valence-electron chi connectivity index (χ4n) is 2.51. The summed E-state index contributed by atoms with van der Waals surface area (Å²) in [5.74, 6) is -0.662. The molecule has 0 unspecified atom stereocenters. The van der Waals surface area contributed by atoms with Crippen LogP contribution in [0.3, 0.4) is 0 Å². The lowest BCUT2D eigenvalue weighted by atomic mass is 9.89. The Kier molecular flexibility index (Phi) is 2.99. The molecule has 2 aliphatic rings. The molecule has 18 heavy (non-hydrogen) atoms. The van der Waals surface area contributed by atoms with Crippen LogP contribution in [0.15, 0.2) is 23.5 Å². The lowest BCUT2D eigenvalue weighted by Gasteiger charge is -2.23. The van der Waals surface area contributed by atoms with Crippen molar-refractivity contribution in [1.29, 1.82) is 0 Å². The van der Waals surface area contributed by atoms with E-state index in [1.54, 1.807) is 13.8 Å². The molecule has 0 aromatic rings. The van der Waals surface area contributed by atoms with E-state index in [1.807, 2.05) is 0 Å². The van der Waals surface area contributed by atoms with E-state index in [9.17, 15) is 9.90 Å². The third-order valence-corrected chi connectivity index (χ3v) is 3.83. The number of hydrogen-bond donors (Lipinski definition) is 2. The summed E-state index contributed by atoms with van der Waals surface area (Å²) >= 11 is 0. The molecule has 0 saturated heterocycles. The number of esters is 1. The predicted molar refractivity (Wildman–Crippen MR) is 63.9 cm³/mol.